The number of rotatable bonds is 7. The molecule has 1 aromatic rings. The summed E-state index contributed by atoms with van der Waals surface area (Å²) in [4.78, 5) is 2.30. The van der Waals surface area contributed by atoms with E-state index in [-0.39, 0.29) is 11.9 Å². The molecule has 0 aromatic heterocycles. The monoisotopic (exact) mass is 254 g/mol. The summed E-state index contributed by atoms with van der Waals surface area (Å²) >= 11 is 0. The molecular weight excluding hydrogens is 231 g/mol. The number of halogens is 1. The molecule has 0 bridgehead atoms. The number of nitrogens with zero attached hydrogens (tertiary/aromatic N) is 1. The van der Waals surface area contributed by atoms with Gasteiger partial charge in [-0.1, -0.05) is 13.8 Å². The predicted octanol–water partition coefficient (Wildman–Crippen LogP) is 2.57. The van der Waals surface area contributed by atoms with E-state index in [4.69, 9.17) is 10.5 Å². The van der Waals surface area contributed by atoms with E-state index in [1.807, 2.05) is 0 Å². The third-order valence-corrected chi connectivity index (χ3v) is 3.24. The molecule has 102 valence electrons. The fraction of sp³-hybridized carbons (Fsp3) is 0.571. The van der Waals surface area contributed by atoms with Crippen LogP contribution in [0.25, 0.3) is 0 Å². The zero-order chi connectivity index (χ0) is 13.5. The highest BCUT2D eigenvalue weighted by Crippen LogP contribution is 2.26. The number of benzene rings is 1. The number of nitrogens with two attached hydrogens (primary N) is 1. The number of methoxy groups -OCH3 is 1. The van der Waals surface area contributed by atoms with Gasteiger partial charge in [-0.15, -0.1) is 0 Å². The van der Waals surface area contributed by atoms with Gasteiger partial charge < -0.3 is 15.4 Å². The van der Waals surface area contributed by atoms with E-state index in [0.29, 0.717) is 5.75 Å². The highest BCUT2D eigenvalue weighted by Gasteiger charge is 2.14. The topological polar surface area (TPSA) is 38.5 Å². The summed E-state index contributed by atoms with van der Waals surface area (Å²) in [7, 11) is 1.58. The number of ether oxygens (including phenoxy) is 1. The third kappa shape index (κ3) is 3.96. The quantitative estimate of drug-likeness (QED) is 0.812. The lowest BCUT2D eigenvalue weighted by Gasteiger charge is -2.21. The van der Waals surface area contributed by atoms with Gasteiger partial charge in [0, 0.05) is 11.6 Å². The molecule has 0 radical (unpaired) electrons. The van der Waals surface area contributed by atoms with E-state index in [2.05, 4.69) is 18.7 Å². The predicted molar refractivity (Wildman–Crippen MR) is 72.3 cm³/mol. The van der Waals surface area contributed by atoms with Gasteiger partial charge in [0.15, 0.2) is 0 Å². The van der Waals surface area contributed by atoms with Gasteiger partial charge in [0.05, 0.1) is 7.11 Å². The maximum Gasteiger partial charge on any atom is 0.123 e. The van der Waals surface area contributed by atoms with E-state index in [9.17, 15) is 4.39 Å². The molecule has 1 aromatic carbocycles. The molecule has 0 spiro atoms. The summed E-state index contributed by atoms with van der Waals surface area (Å²) in [5.74, 6) is 0.382. The first-order chi connectivity index (χ1) is 8.62. The number of hydrogen-bond acceptors (Lipinski definition) is 3. The molecular formula is C14H23FN2O. The molecule has 2 N–H and O–H groups in total. The number of hydrogen-bond donors (Lipinski definition) is 1. The van der Waals surface area contributed by atoms with Gasteiger partial charge in [-0.05, 0) is 44.3 Å². The van der Waals surface area contributed by atoms with Crippen LogP contribution in [0.3, 0.4) is 0 Å². The van der Waals surface area contributed by atoms with Gasteiger partial charge in [0.1, 0.15) is 11.6 Å². The average Bonchev–Trinajstić information content (AvgIpc) is 2.39. The van der Waals surface area contributed by atoms with Crippen LogP contribution in [0.2, 0.25) is 0 Å². The molecule has 0 saturated carbocycles. The van der Waals surface area contributed by atoms with Crippen molar-refractivity contribution in [3.63, 3.8) is 0 Å². The second-order valence-corrected chi connectivity index (χ2v) is 4.31. The second-order valence-electron chi connectivity index (χ2n) is 4.31. The Labute approximate surface area is 109 Å². The normalized spacial score (nSPS) is 12.8. The minimum atomic E-state index is -0.274. The Bertz CT molecular complexity index is 367. The van der Waals surface area contributed by atoms with Crippen molar-refractivity contribution in [1.29, 1.82) is 0 Å². The third-order valence-electron chi connectivity index (χ3n) is 3.24. The van der Waals surface area contributed by atoms with Crippen molar-refractivity contribution < 1.29 is 9.13 Å². The lowest BCUT2D eigenvalue weighted by Crippen LogP contribution is -2.27. The fourth-order valence-corrected chi connectivity index (χ4v) is 2.01. The summed E-state index contributed by atoms with van der Waals surface area (Å²) in [5, 5.41) is 0. The lowest BCUT2D eigenvalue weighted by molar-refractivity contribution is 0.289. The largest absolute Gasteiger partial charge is 0.496 e. The van der Waals surface area contributed by atoms with E-state index < -0.39 is 0 Å². The maximum atomic E-state index is 13.3. The fourth-order valence-electron chi connectivity index (χ4n) is 2.01. The van der Waals surface area contributed by atoms with Crippen LogP contribution in [0.4, 0.5) is 4.39 Å². The first-order valence-electron chi connectivity index (χ1n) is 6.43. The van der Waals surface area contributed by atoms with Gasteiger partial charge in [0.25, 0.3) is 0 Å². The van der Waals surface area contributed by atoms with Crippen molar-refractivity contribution in [2.75, 3.05) is 26.7 Å². The lowest BCUT2D eigenvalue weighted by atomic mass is 10.0. The van der Waals surface area contributed by atoms with E-state index >= 15 is 0 Å². The molecule has 0 aliphatic carbocycles. The standard InChI is InChI=1S/C14H23FN2O/c1-4-17(5-2)9-8-13(16)12-10-11(15)6-7-14(12)18-3/h6-7,10,13H,4-5,8-9,16H2,1-3H3. The van der Waals surface area contributed by atoms with Crippen molar-refractivity contribution >= 4 is 0 Å². The Morgan fingerprint density at radius 3 is 2.56 bits per heavy atom. The van der Waals surface area contributed by atoms with E-state index in [0.717, 1.165) is 31.6 Å². The molecule has 0 heterocycles. The second kappa shape index (κ2) is 7.34. The molecule has 18 heavy (non-hydrogen) atoms. The summed E-state index contributed by atoms with van der Waals surface area (Å²) in [6.07, 6.45) is 0.793. The highest BCUT2D eigenvalue weighted by molar-refractivity contribution is 5.36. The van der Waals surface area contributed by atoms with E-state index in [1.165, 1.54) is 12.1 Å². The minimum absolute atomic E-state index is 0.198. The molecule has 3 nitrogen and oxygen atoms in total. The van der Waals surface area contributed by atoms with Gasteiger partial charge in [-0.25, -0.2) is 4.39 Å². The molecule has 0 fully saturated rings. The Morgan fingerprint density at radius 2 is 2.00 bits per heavy atom. The highest BCUT2D eigenvalue weighted by atomic mass is 19.1. The van der Waals surface area contributed by atoms with Crippen molar-refractivity contribution in [2.24, 2.45) is 5.73 Å². The Hall–Kier alpha value is -1.13. The molecule has 0 aliphatic heterocycles. The molecule has 0 amide bonds. The van der Waals surface area contributed by atoms with Crippen molar-refractivity contribution in [1.82, 2.24) is 4.90 Å². The van der Waals surface area contributed by atoms with Crippen LogP contribution < -0.4 is 10.5 Å². The van der Waals surface area contributed by atoms with Crippen LogP contribution in [-0.4, -0.2) is 31.6 Å². The molecule has 0 aliphatic rings. The minimum Gasteiger partial charge on any atom is -0.496 e. The summed E-state index contributed by atoms with van der Waals surface area (Å²) in [5.41, 5.74) is 6.87. The summed E-state index contributed by atoms with van der Waals surface area (Å²) in [6.45, 7) is 7.16. The van der Waals surface area contributed by atoms with Crippen molar-refractivity contribution in [2.45, 2.75) is 26.3 Å². The van der Waals surface area contributed by atoms with Crippen LogP contribution >= 0.6 is 0 Å². The van der Waals surface area contributed by atoms with Crippen LogP contribution in [0.1, 0.15) is 31.9 Å². The van der Waals surface area contributed by atoms with Gasteiger partial charge >= 0.3 is 0 Å². The Morgan fingerprint density at radius 1 is 1.33 bits per heavy atom. The Kier molecular flexibility index (Phi) is 6.09. The SMILES string of the molecule is CCN(CC)CCC(N)c1cc(F)ccc1OC. The van der Waals surface area contributed by atoms with Crippen LogP contribution in [0.15, 0.2) is 18.2 Å². The van der Waals surface area contributed by atoms with Crippen LogP contribution in [0, 0.1) is 5.82 Å². The molecule has 1 unspecified atom stereocenters. The van der Waals surface area contributed by atoms with E-state index in [1.54, 1.807) is 13.2 Å². The first kappa shape index (κ1) is 14.9. The average molecular weight is 254 g/mol. The van der Waals surface area contributed by atoms with Crippen molar-refractivity contribution in [3.8, 4) is 5.75 Å². The molecule has 0 saturated heterocycles. The van der Waals surface area contributed by atoms with Gasteiger partial charge in [-0.3, -0.25) is 0 Å². The molecule has 4 heteroatoms. The Balaban J connectivity index is 2.71. The summed E-state index contributed by atoms with van der Waals surface area (Å²) < 4.78 is 18.5. The molecule has 1 rings (SSSR count). The molecule has 1 atom stereocenters. The zero-order valence-corrected chi connectivity index (χ0v) is 11.4. The van der Waals surface area contributed by atoms with Crippen LogP contribution in [-0.2, 0) is 0 Å². The van der Waals surface area contributed by atoms with Gasteiger partial charge in [-0.2, -0.15) is 0 Å². The van der Waals surface area contributed by atoms with Crippen LogP contribution in [0.5, 0.6) is 5.75 Å². The summed E-state index contributed by atoms with van der Waals surface area (Å²) in [6, 6.07) is 4.28. The first-order valence-corrected chi connectivity index (χ1v) is 6.43. The smallest absolute Gasteiger partial charge is 0.123 e. The zero-order valence-electron chi connectivity index (χ0n) is 11.4. The van der Waals surface area contributed by atoms with Gasteiger partial charge in [0.2, 0.25) is 0 Å². The van der Waals surface area contributed by atoms with Crippen molar-refractivity contribution in [3.05, 3.63) is 29.6 Å². The maximum absolute atomic E-state index is 13.3.